The van der Waals surface area contributed by atoms with Gasteiger partial charge in [0.15, 0.2) is 5.82 Å². The summed E-state index contributed by atoms with van der Waals surface area (Å²) in [5.41, 5.74) is 3.07. The van der Waals surface area contributed by atoms with Crippen LogP contribution in [0.25, 0.3) is 0 Å². The van der Waals surface area contributed by atoms with Crippen LogP contribution >= 0.6 is 11.6 Å². The average molecular weight is 576 g/mol. The number of anilines is 4. The van der Waals surface area contributed by atoms with Crippen LogP contribution in [0.15, 0.2) is 36.5 Å². The van der Waals surface area contributed by atoms with Crippen molar-refractivity contribution in [1.82, 2.24) is 14.9 Å². The Morgan fingerprint density at radius 2 is 1.89 bits per heavy atom. The van der Waals surface area contributed by atoms with E-state index in [0.717, 1.165) is 11.1 Å². The highest BCUT2D eigenvalue weighted by molar-refractivity contribution is 7.81. The van der Waals surface area contributed by atoms with Crippen LogP contribution in [-0.4, -0.2) is 49.7 Å². The second-order valence-corrected chi connectivity index (χ2v) is 9.85. The second-order valence-electron chi connectivity index (χ2n) is 8.49. The van der Waals surface area contributed by atoms with E-state index in [4.69, 9.17) is 16.3 Å². The number of alkyl halides is 3. The summed E-state index contributed by atoms with van der Waals surface area (Å²) in [4.78, 5) is 9.87. The number of nitrogens with one attached hydrogen (secondary N) is 2. The Morgan fingerprint density at radius 1 is 1.13 bits per heavy atom. The van der Waals surface area contributed by atoms with Gasteiger partial charge in [-0.25, -0.2) is 4.98 Å². The van der Waals surface area contributed by atoms with E-state index in [9.17, 15) is 25.5 Å². The topological polar surface area (TPSA) is 106 Å². The molecular weight excluding hydrogens is 554 g/mol. The zero-order valence-electron chi connectivity index (χ0n) is 20.1. The summed E-state index contributed by atoms with van der Waals surface area (Å²) in [7, 11) is -3.69. The molecule has 15 heteroatoms. The molecule has 0 unspecified atom stereocenters. The molecule has 9 nitrogen and oxygen atoms in total. The molecule has 0 aliphatic carbocycles. The maximum absolute atomic E-state index is 12.9. The van der Waals surface area contributed by atoms with Gasteiger partial charge >= 0.3 is 16.7 Å². The Hall–Kier alpha value is -3.36. The maximum atomic E-state index is 12.9. The zero-order valence-corrected chi connectivity index (χ0v) is 21.6. The van der Waals surface area contributed by atoms with E-state index in [1.807, 2.05) is 0 Å². The summed E-state index contributed by atoms with van der Waals surface area (Å²) in [6.07, 6.45) is -2.49. The number of nitrogens with zero attached hydrogens (tertiary/aromatic N) is 3. The van der Waals surface area contributed by atoms with Crippen LogP contribution in [0.4, 0.5) is 40.2 Å². The summed E-state index contributed by atoms with van der Waals surface area (Å²) >= 11 is 6.25. The molecule has 0 saturated heterocycles. The van der Waals surface area contributed by atoms with Gasteiger partial charge in [0.1, 0.15) is 16.5 Å². The smallest absolute Gasteiger partial charge is 0.488 e. The van der Waals surface area contributed by atoms with Crippen LogP contribution in [0.1, 0.15) is 16.7 Å². The number of aryl methyl sites for hydroxylation is 1. The first-order chi connectivity index (χ1) is 17.8. The van der Waals surface area contributed by atoms with Crippen molar-refractivity contribution in [2.75, 3.05) is 30.8 Å². The average Bonchev–Trinajstić information content (AvgIpc) is 2.80. The molecule has 4 rings (SSSR count). The van der Waals surface area contributed by atoms with Crippen LogP contribution in [0, 0.1) is 6.92 Å². The summed E-state index contributed by atoms with van der Waals surface area (Å²) in [6, 6.07) is 7.51. The third-order valence-electron chi connectivity index (χ3n) is 5.65. The molecule has 0 amide bonds. The fourth-order valence-electron chi connectivity index (χ4n) is 4.01. The number of methoxy groups -OCH3 is 1. The predicted octanol–water partition coefficient (Wildman–Crippen LogP) is 5.45. The molecule has 0 atom stereocenters. The van der Waals surface area contributed by atoms with Crippen LogP contribution in [0.2, 0.25) is 5.02 Å². The molecule has 1 aliphatic rings. The second kappa shape index (κ2) is 10.8. The number of ether oxygens (including phenoxy) is 1. The lowest BCUT2D eigenvalue weighted by atomic mass is 9.98. The minimum Gasteiger partial charge on any atom is -0.495 e. The van der Waals surface area contributed by atoms with Gasteiger partial charge in [-0.15, -0.1) is 0 Å². The molecule has 0 radical (unpaired) electrons. The van der Waals surface area contributed by atoms with Crippen molar-refractivity contribution in [2.45, 2.75) is 26.1 Å². The van der Waals surface area contributed by atoms with E-state index in [-0.39, 0.29) is 35.6 Å². The Kier molecular flexibility index (Phi) is 7.85. The summed E-state index contributed by atoms with van der Waals surface area (Å²) < 4.78 is 82.6. The Bertz CT molecular complexity index is 1460. The Morgan fingerprint density at radius 3 is 2.55 bits per heavy atom. The van der Waals surface area contributed by atoms with Crippen LogP contribution in [0.5, 0.6) is 11.5 Å². The van der Waals surface area contributed by atoms with Gasteiger partial charge in [-0.3, -0.25) is 4.90 Å². The molecule has 0 bridgehead atoms. The fourth-order valence-corrected chi connectivity index (χ4v) is 4.48. The van der Waals surface area contributed by atoms with Crippen LogP contribution < -0.4 is 19.6 Å². The molecule has 1 aliphatic heterocycles. The molecular formula is C23H22ClF4N5O4S. The van der Waals surface area contributed by atoms with Gasteiger partial charge in [0.05, 0.1) is 25.5 Å². The largest absolute Gasteiger partial charge is 0.495 e. The van der Waals surface area contributed by atoms with Crippen LogP contribution in [-0.2, 0) is 23.5 Å². The van der Waals surface area contributed by atoms with Gasteiger partial charge in [0.2, 0.25) is 5.95 Å². The molecule has 0 saturated carbocycles. The molecule has 38 heavy (non-hydrogen) atoms. The first-order valence-electron chi connectivity index (χ1n) is 11.1. The van der Waals surface area contributed by atoms with Gasteiger partial charge in [-0.1, -0.05) is 15.5 Å². The van der Waals surface area contributed by atoms with Crippen molar-refractivity contribution < 1.29 is 34.4 Å². The number of hydrogen-bond acceptors (Lipinski definition) is 9. The Balaban J connectivity index is 1.56. The van der Waals surface area contributed by atoms with Gasteiger partial charge in [-0.05, 0) is 60.4 Å². The number of hydrogen-bond donors (Lipinski definition) is 2. The van der Waals surface area contributed by atoms with E-state index < -0.39 is 23.2 Å². The van der Waals surface area contributed by atoms with E-state index in [0.29, 0.717) is 29.1 Å². The zero-order chi connectivity index (χ0) is 27.7. The predicted molar refractivity (Wildman–Crippen MR) is 133 cm³/mol. The maximum Gasteiger partial charge on any atom is 0.488 e. The number of aromatic nitrogens is 2. The Labute approximate surface area is 221 Å². The molecule has 204 valence electrons. The number of halogens is 5. The molecule has 3 aromatic rings. The quantitative estimate of drug-likeness (QED) is 0.268. The molecule has 0 spiro atoms. The monoisotopic (exact) mass is 575 g/mol. The summed E-state index contributed by atoms with van der Waals surface area (Å²) in [5, 5.41) is 6.19. The number of rotatable bonds is 8. The third kappa shape index (κ3) is 7.14. The van der Waals surface area contributed by atoms with Crippen LogP contribution in [0.3, 0.4) is 0 Å². The lowest BCUT2D eigenvalue weighted by molar-refractivity contribution is -0.147. The van der Waals surface area contributed by atoms with Gasteiger partial charge < -0.3 is 19.6 Å². The molecule has 2 heterocycles. The third-order valence-corrected chi connectivity index (χ3v) is 6.32. The lowest BCUT2D eigenvalue weighted by Crippen LogP contribution is -2.38. The fraction of sp³-hybridized carbons (Fsp3) is 0.304. The normalized spacial score (nSPS) is 14.1. The first kappa shape index (κ1) is 27.7. The van der Waals surface area contributed by atoms with E-state index >= 15 is 0 Å². The standard InChI is InChI=1S/C23H22ClF4N5O4S/c1-13-7-16(37-38(28,34)35)3-4-18(13)30-21-17(24)10-29-22(32-21)31-19-8-15-11-33(12-23(25,26)27)6-5-14(15)9-20(19)36-2/h3-4,7-10H,5-6,11-12H2,1-2H3,(H2,29,30,31,32). The highest BCUT2D eigenvalue weighted by atomic mass is 35.5. The van der Waals surface area contributed by atoms with Crippen molar-refractivity contribution in [1.29, 1.82) is 0 Å². The van der Waals surface area contributed by atoms with E-state index in [2.05, 4.69) is 24.8 Å². The molecule has 0 fully saturated rings. The van der Waals surface area contributed by atoms with Crippen molar-refractivity contribution in [3.05, 3.63) is 58.2 Å². The van der Waals surface area contributed by atoms with E-state index in [1.165, 1.54) is 36.4 Å². The summed E-state index contributed by atoms with van der Waals surface area (Å²) in [6.45, 7) is 1.05. The highest BCUT2D eigenvalue weighted by Gasteiger charge is 2.32. The molecule has 2 N–H and O–H groups in total. The number of fused-ring (bicyclic) bond motifs is 1. The van der Waals surface area contributed by atoms with E-state index in [1.54, 1.807) is 19.1 Å². The van der Waals surface area contributed by atoms with Gasteiger partial charge in [0, 0.05) is 18.8 Å². The first-order valence-corrected chi connectivity index (χ1v) is 12.8. The number of benzene rings is 2. The van der Waals surface area contributed by atoms with Gasteiger partial charge in [-0.2, -0.15) is 26.6 Å². The molecule has 1 aromatic heterocycles. The summed E-state index contributed by atoms with van der Waals surface area (Å²) in [5.74, 6) is 0.585. The SMILES string of the molecule is COc1cc2c(cc1Nc1ncc(Cl)c(Nc3ccc(OS(=O)(=O)F)cc3C)n1)CN(CC(F)(F)F)CC2. The minimum atomic E-state index is -5.16. The van der Waals surface area contributed by atoms with Crippen molar-refractivity contribution >= 4 is 45.2 Å². The van der Waals surface area contributed by atoms with Crippen molar-refractivity contribution in [3.63, 3.8) is 0 Å². The minimum absolute atomic E-state index is 0.124. The van der Waals surface area contributed by atoms with Crippen molar-refractivity contribution in [2.24, 2.45) is 0 Å². The van der Waals surface area contributed by atoms with Gasteiger partial charge in [0.25, 0.3) is 0 Å². The van der Waals surface area contributed by atoms with Crippen molar-refractivity contribution in [3.8, 4) is 11.5 Å². The molecule has 2 aromatic carbocycles. The lowest BCUT2D eigenvalue weighted by Gasteiger charge is -2.30. The highest BCUT2D eigenvalue weighted by Crippen LogP contribution is 2.35.